The fourth-order valence-corrected chi connectivity index (χ4v) is 3.44. The minimum atomic E-state index is -0.170. The molecule has 0 bridgehead atoms. The molecule has 0 saturated heterocycles. The molecular formula is C18H26ClNO. The number of carbonyl (C=O) groups is 1. The highest BCUT2D eigenvalue weighted by molar-refractivity contribution is 6.18. The van der Waals surface area contributed by atoms with Crippen molar-refractivity contribution in [3.05, 3.63) is 35.4 Å². The molecule has 3 heteroatoms. The van der Waals surface area contributed by atoms with Gasteiger partial charge in [0, 0.05) is 12.3 Å². The zero-order valence-corrected chi connectivity index (χ0v) is 13.9. The van der Waals surface area contributed by atoms with Crippen molar-refractivity contribution in [2.45, 2.75) is 57.9 Å². The largest absolute Gasteiger partial charge is 0.349 e. The van der Waals surface area contributed by atoms with E-state index in [9.17, 15) is 4.79 Å². The summed E-state index contributed by atoms with van der Waals surface area (Å²) in [6.07, 6.45) is 5.67. The Balaban J connectivity index is 1.87. The van der Waals surface area contributed by atoms with Crippen LogP contribution in [0.2, 0.25) is 0 Å². The van der Waals surface area contributed by atoms with Crippen molar-refractivity contribution in [3.8, 4) is 0 Å². The van der Waals surface area contributed by atoms with Gasteiger partial charge in [-0.3, -0.25) is 4.79 Å². The van der Waals surface area contributed by atoms with Crippen molar-refractivity contribution in [2.75, 3.05) is 5.88 Å². The van der Waals surface area contributed by atoms with Gasteiger partial charge >= 0.3 is 0 Å². The Morgan fingerprint density at radius 1 is 1.33 bits per heavy atom. The average Bonchev–Trinajstić information content (AvgIpc) is 2.49. The molecule has 1 aromatic carbocycles. The van der Waals surface area contributed by atoms with Crippen LogP contribution < -0.4 is 5.32 Å². The van der Waals surface area contributed by atoms with Crippen LogP contribution in [0.4, 0.5) is 0 Å². The molecule has 0 aliphatic heterocycles. The Bertz CT molecular complexity index is 478. The molecule has 0 aromatic heterocycles. The smallest absolute Gasteiger partial charge is 0.220 e. The third-order valence-electron chi connectivity index (χ3n) is 4.77. The van der Waals surface area contributed by atoms with Crippen molar-refractivity contribution in [1.82, 2.24) is 5.32 Å². The Labute approximate surface area is 133 Å². The molecule has 1 fully saturated rings. The monoisotopic (exact) mass is 307 g/mol. The second-order valence-corrected chi connectivity index (χ2v) is 6.84. The van der Waals surface area contributed by atoms with Gasteiger partial charge in [-0.15, -0.1) is 11.6 Å². The molecule has 0 radical (unpaired) electrons. The van der Waals surface area contributed by atoms with E-state index in [4.69, 9.17) is 11.6 Å². The quantitative estimate of drug-likeness (QED) is 0.810. The number of halogens is 1. The van der Waals surface area contributed by atoms with Gasteiger partial charge in [-0.05, 0) is 56.1 Å². The van der Waals surface area contributed by atoms with E-state index in [1.807, 2.05) is 12.1 Å². The Morgan fingerprint density at radius 2 is 2.00 bits per heavy atom. The molecule has 21 heavy (non-hydrogen) atoms. The summed E-state index contributed by atoms with van der Waals surface area (Å²) < 4.78 is 0. The summed E-state index contributed by atoms with van der Waals surface area (Å²) in [7, 11) is 0. The lowest BCUT2D eigenvalue weighted by Gasteiger charge is -2.38. The Morgan fingerprint density at radius 3 is 2.62 bits per heavy atom. The van der Waals surface area contributed by atoms with Crippen LogP contribution in [0.1, 0.15) is 50.2 Å². The molecular weight excluding hydrogens is 282 g/mol. The lowest BCUT2D eigenvalue weighted by atomic mass is 9.78. The maximum Gasteiger partial charge on any atom is 0.220 e. The van der Waals surface area contributed by atoms with E-state index in [1.54, 1.807) is 0 Å². The summed E-state index contributed by atoms with van der Waals surface area (Å²) >= 11 is 6.16. The lowest BCUT2D eigenvalue weighted by Crippen LogP contribution is -2.52. The molecule has 1 aliphatic carbocycles. The van der Waals surface area contributed by atoms with Crippen LogP contribution in [0.25, 0.3) is 0 Å². The number of nitrogens with one attached hydrogen (secondary N) is 1. The molecule has 0 atom stereocenters. The van der Waals surface area contributed by atoms with Gasteiger partial charge < -0.3 is 5.32 Å². The van der Waals surface area contributed by atoms with Crippen LogP contribution in [0, 0.1) is 12.8 Å². The van der Waals surface area contributed by atoms with Gasteiger partial charge in [0.2, 0.25) is 5.91 Å². The van der Waals surface area contributed by atoms with Crippen LogP contribution in [-0.2, 0) is 11.2 Å². The summed E-state index contributed by atoms with van der Waals surface area (Å²) in [5.41, 5.74) is 2.34. The van der Waals surface area contributed by atoms with E-state index >= 15 is 0 Å². The normalized spacial score (nSPS) is 25.6. The number of amides is 1. The average molecular weight is 308 g/mol. The number of hydrogen-bond acceptors (Lipinski definition) is 1. The van der Waals surface area contributed by atoms with Crippen LogP contribution in [0.15, 0.2) is 24.3 Å². The van der Waals surface area contributed by atoms with Crippen molar-refractivity contribution in [3.63, 3.8) is 0 Å². The predicted molar refractivity (Wildman–Crippen MR) is 88.7 cm³/mol. The van der Waals surface area contributed by atoms with Crippen LogP contribution in [-0.4, -0.2) is 17.3 Å². The van der Waals surface area contributed by atoms with Gasteiger partial charge in [-0.25, -0.2) is 0 Å². The zero-order chi connectivity index (χ0) is 15.3. The van der Waals surface area contributed by atoms with Gasteiger partial charge in [0.15, 0.2) is 0 Å². The SMILES string of the molecule is Cc1ccccc1CCC(=O)NC1(CCl)CCC(C)CC1. The summed E-state index contributed by atoms with van der Waals surface area (Å²) in [5, 5.41) is 3.22. The molecule has 0 heterocycles. The lowest BCUT2D eigenvalue weighted by molar-refractivity contribution is -0.123. The third-order valence-corrected chi connectivity index (χ3v) is 5.29. The van der Waals surface area contributed by atoms with Crippen LogP contribution in [0.5, 0.6) is 0 Å². The number of carbonyl (C=O) groups excluding carboxylic acids is 1. The van der Waals surface area contributed by atoms with E-state index in [2.05, 4.69) is 31.3 Å². The number of benzene rings is 1. The van der Waals surface area contributed by atoms with Gasteiger partial charge in [-0.2, -0.15) is 0 Å². The van der Waals surface area contributed by atoms with E-state index in [0.717, 1.165) is 38.0 Å². The number of rotatable bonds is 5. The first kappa shape index (κ1) is 16.4. The maximum absolute atomic E-state index is 12.3. The van der Waals surface area contributed by atoms with Crippen molar-refractivity contribution in [2.24, 2.45) is 5.92 Å². The minimum Gasteiger partial charge on any atom is -0.349 e. The first-order chi connectivity index (χ1) is 10.0. The van der Waals surface area contributed by atoms with E-state index in [-0.39, 0.29) is 11.4 Å². The highest BCUT2D eigenvalue weighted by Crippen LogP contribution is 2.32. The number of hydrogen-bond donors (Lipinski definition) is 1. The summed E-state index contributed by atoms with van der Waals surface area (Å²) in [4.78, 5) is 12.3. The first-order valence-electron chi connectivity index (χ1n) is 7.96. The zero-order valence-electron chi connectivity index (χ0n) is 13.1. The standard InChI is InChI=1S/C18H26ClNO/c1-14-9-11-18(13-19,12-10-14)20-17(21)8-7-16-6-4-3-5-15(16)2/h3-6,14H,7-13H2,1-2H3,(H,20,21). The minimum absolute atomic E-state index is 0.133. The second kappa shape index (κ2) is 7.31. The van der Waals surface area contributed by atoms with Gasteiger partial charge in [0.05, 0.1) is 5.54 Å². The molecule has 1 saturated carbocycles. The van der Waals surface area contributed by atoms with Gasteiger partial charge in [-0.1, -0.05) is 31.2 Å². The number of alkyl halides is 1. The topological polar surface area (TPSA) is 29.1 Å². The Kier molecular flexibility index (Phi) is 5.69. The molecule has 1 aromatic rings. The summed E-state index contributed by atoms with van der Waals surface area (Å²) in [5.74, 6) is 1.41. The highest BCUT2D eigenvalue weighted by atomic mass is 35.5. The molecule has 1 N–H and O–H groups in total. The molecule has 1 amide bonds. The van der Waals surface area contributed by atoms with Crippen molar-refractivity contribution >= 4 is 17.5 Å². The maximum atomic E-state index is 12.3. The molecule has 2 nitrogen and oxygen atoms in total. The van der Waals surface area contributed by atoms with Crippen molar-refractivity contribution < 1.29 is 4.79 Å². The van der Waals surface area contributed by atoms with E-state index in [1.165, 1.54) is 11.1 Å². The molecule has 1 aliphatic rings. The fraction of sp³-hybridized carbons (Fsp3) is 0.611. The third kappa shape index (κ3) is 4.47. The fourth-order valence-electron chi connectivity index (χ4n) is 3.10. The predicted octanol–water partition coefficient (Wildman–Crippen LogP) is 4.23. The van der Waals surface area contributed by atoms with Crippen molar-refractivity contribution in [1.29, 1.82) is 0 Å². The number of aryl methyl sites for hydroxylation is 2. The molecule has 2 rings (SSSR count). The highest BCUT2D eigenvalue weighted by Gasteiger charge is 2.34. The first-order valence-corrected chi connectivity index (χ1v) is 8.49. The summed E-state index contributed by atoms with van der Waals surface area (Å²) in [6, 6.07) is 8.26. The van der Waals surface area contributed by atoms with E-state index < -0.39 is 0 Å². The summed E-state index contributed by atoms with van der Waals surface area (Å²) in [6.45, 7) is 4.37. The second-order valence-electron chi connectivity index (χ2n) is 6.57. The molecule has 116 valence electrons. The van der Waals surface area contributed by atoms with Gasteiger partial charge in [0.1, 0.15) is 0 Å². The van der Waals surface area contributed by atoms with Crippen LogP contribution >= 0.6 is 11.6 Å². The van der Waals surface area contributed by atoms with Crippen LogP contribution in [0.3, 0.4) is 0 Å². The van der Waals surface area contributed by atoms with Gasteiger partial charge in [0.25, 0.3) is 0 Å². The molecule has 0 spiro atoms. The Hall–Kier alpha value is -1.02. The molecule has 0 unspecified atom stereocenters. The van der Waals surface area contributed by atoms with E-state index in [0.29, 0.717) is 12.3 Å².